The molecule has 98 valence electrons. The first-order valence-electron chi connectivity index (χ1n) is 6.26. The fourth-order valence-corrected chi connectivity index (χ4v) is 2.39. The minimum absolute atomic E-state index is 0.380. The van der Waals surface area contributed by atoms with Crippen LogP contribution < -0.4 is 5.32 Å². The number of fused-ring (bicyclic) bond motifs is 1. The van der Waals surface area contributed by atoms with Gasteiger partial charge in [-0.2, -0.15) is 5.10 Å². The van der Waals surface area contributed by atoms with Gasteiger partial charge in [-0.15, -0.1) is 0 Å². The Morgan fingerprint density at radius 3 is 2.89 bits per heavy atom. The summed E-state index contributed by atoms with van der Waals surface area (Å²) in [5.74, 6) is -0.380. The van der Waals surface area contributed by atoms with E-state index in [-0.39, 0.29) is 5.97 Å². The molecule has 2 heterocycles. The van der Waals surface area contributed by atoms with Crippen LogP contribution in [0.5, 0.6) is 0 Å². The predicted octanol–water partition coefficient (Wildman–Crippen LogP) is 1.30. The molecule has 0 amide bonds. The lowest BCUT2D eigenvalue weighted by atomic mass is 10.1. The molecule has 1 aromatic carbocycles. The maximum atomic E-state index is 11.8. The summed E-state index contributed by atoms with van der Waals surface area (Å²) in [6.45, 7) is 1.55. The van der Waals surface area contributed by atoms with Gasteiger partial charge in [-0.3, -0.25) is 0 Å². The van der Waals surface area contributed by atoms with Gasteiger partial charge in [0.2, 0.25) is 0 Å². The molecule has 0 atom stereocenters. The van der Waals surface area contributed by atoms with E-state index in [1.807, 2.05) is 35.0 Å². The molecular formula is C14H15N3O2. The summed E-state index contributed by atoms with van der Waals surface area (Å²) in [6.07, 6.45) is 0.855. The molecule has 3 rings (SSSR count). The number of nitrogens with one attached hydrogen (secondary N) is 1. The van der Waals surface area contributed by atoms with Gasteiger partial charge in [0.1, 0.15) is 0 Å². The van der Waals surface area contributed by atoms with E-state index < -0.39 is 0 Å². The zero-order chi connectivity index (χ0) is 13.2. The van der Waals surface area contributed by atoms with E-state index in [1.54, 1.807) is 0 Å². The Labute approximate surface area is 111 Å². The molecular weight excluding hydrogens is 242 g/mol. The molecule has 0 spiro atoms. The van der Waals surface area contributed by atoms with E-state index >= 15 is 0 Å². The van der Waals surface area contributed by atoms with Crippen LogP contribution in [-0.2, 0) is 17.7 Å². The Bertz CT molecular complexity index is 605. The monoisotopic (exact) mass is 257 g/mol. The van der Waals surface area contributed by atoms with Gasteiger partial charge < -0.3 is 10.1 Å². The third-order valence-corrected chi connectivity index (χ3v) is 3.31. The quantitative estimate of drug-likeness (QED) is 0.824. The van der Waals surface area contributed by atoms with Crippen LogP contribution in [0, 0.1) is 0 Å². The molecule has 0 unspecified atom stereocenters. The number of carbonyl (C=O) groups is 1. The minimum Gasteiger partial charge on any atom is -0.464 e. The summed E-state index contributed by atoms with van der Waals surface area (Å²) in [6, 6.07) is 9.85. The highest BCUT2D eigenvalue weighted by Gasteiger charge is 2.25. The van der Waals surface area contributed by atoms with Gasteiger partial charge in [-0.1, -0.05) is 18.2 Å². The van der Waals surface area contributed by atoms with Gasteiger partial charge in [0.25, 0.3) is 0 Å². The maximum Gasteiger partial charge on any atom is 0.358 e. The molecule has 0 fully saturated rings. The number of rotatable bonds is 2. The van der Waals surface area contributed by atoms with Crippen molar-refractivity contribution < 1.29 is 9.53 Å². The first-order valence-corrected chi connectivity index (χ1v) is 6.26. The summed E-state index contributed by atoms with van der Waals surface area (Å²) in [4.78, 5) is 11.8. The van der Waals surface area contributed by atoms with Gasteiger partial charge in [-0.05, 0) is 12.1 Å². The molecule has 2 aromatic rings. The van der Waals surface area contributed by atoms with E-state index in [2.05, 4.69) is 10.4 Å². The third kappa shape index (κ3) is 2.02. The number of hydrogen-bond acceptors (Lipinski definition) is 4. The number of benzene rings is 1. The standard InChI is InChI=1S/C14H15N3O2/c1-19-14(18)13-11-9-15-8-7-12(11)17(16-13)10-5-3-2-4-6-10/h2-6,15H,7-9H2,1H3. The molecule has 0 saturated carbocycles. The molecule has 0 bridgehead atoms. The fraction of sp³-hybridized carbons (Fsp3) is 0.286. The predicted molar refractivity (Wildman–Crippen MR) is 70.3 cm³/mol. The number of nitrogens with zero attached hydrogens (tertiary/aromatic N) is 2. The van der Waals surface area contributed by atoms with Crippen molar-refractivity contribution in [3.63, 3.8) is 0 Å². The molecule has 1 aromatic heterocycles. The van der Waals surface area contributed by atoms with Crippen molar-refractivity contribution in [3.8, 4) is 5.69 Å². The van der Waals surface area contributed by atoms with Gasteiger partial charge in [-0.25, -0.2) is 9.48 Å². The Balaban J connectivity index is 2.15. The molecule has 0 radical (unpaired) electrons. The lowest BCUT2D eigenvalue weighted by Crippen LogP contribution is -2.25. The Morgan fingerprint density at radius 1 is 1.37 bits per heavy atom. The number of carbonyl (C=O) groups excluding carboxylic acids is 1. The smallest absolute Gasteiger partial charge is 0.358 e. The van der Waals surface area contributed by atoms with Crippen molar-refractivity contribution in [3.05, 3.63) is 47.3 Å². The average Bonchev–Trinajstić information content (AvgIpc) is 2.87. The van der Waals surface area contributed by atoms with Crippen LogP contribution >= 0.6 is 0 Å². The SMILES string of the molecule is COC(=O)c1nn(-c2ccccc2)c2c1CNCC2. The van der Waals surface area contributed by atoms with Crippen LogP contribution in [0.4, 0.5) is 0 Å². The van der Waals surface area contributed by atoms with Crippen molar-refractivity contribution in [1.82, 2.24) is 15.1 Å². The Hall–Kier alpha value is -2.14. The topological polar surface area (TPSA) is 56.1 Å². The fourth-order valence-electron chi connectivity index (χ4n) is 2.39. The number of methoxy groups -OCH3 is 1. The summed E-state index contributed by atoms with van der Waals surface area (Å²) in [5, 5.41) is 7.70. The van der Waals surface area contributed by atoms with E-state index in [9.17, 15) is 4.79 Å². The Kier molecular flexibility index (Phi) is 3.05. The number of hydrogen-bond donors (Lipinski definition) is 1. The minimum atomic E-state index is -0.380. The third-order valence-electron chi connectivity index (χ3n) is 3.31. The van der Waals surface area contributed by atoms with Crippen LogP contribution in [0.1, 0.15) is 21.7 Å². The molecule has 1 N–H and O–H groups in total. The highest BCUT2D eigenvalue weighted by Crippen LogP contribution is 2.22. The molecule has 5 nitrogen and oxygen atoms in total. The first kappa shape index (κ1) is 11.9. The van der Waals surface area contributed by atoms with E-state index in [0.717, 1.165) is 29.9 Å². The normalized spacial score (nSPS) is 13.9. The van der Waals surface area contributed by atoms with E-state index in [4.69, 9.17) is 4.74 Å². The average molecular weight is 257 g/mol. The highest BCUT2D eigenvalue weighted by molar-refractivity contribution is 5.89. The lowest BCUT2D eigenvalue weighted by Gasteiger charge is -2.15. The summed E-state index contributed by atoms with van der Waals surface area (Å²) < 4.78 is 6.66. The lowest BCUT2D eigenvalue weighted by molar-refractivity contribution is 0.0592. The van der Waals surface area contributed by atoms with Crippen molar-refractivity contribution in [2.45, 2.75) is 13.0 Å². The van der Waals surface area contributed by atoms with Crippen LogP contribution in [0.15, 0.2) is 30.3 Å². The van der Waals surface area contributed by atoms with Crippen LogP contribution in [0.2, 0.25) is 0 Å². The second-order valence-corrected chi connectivity index (χ2v) is 4.44. The van der Waals surface area contributed by atoms with E-state index in [1.165, 1.54) is 7.11 Å². The van der Waals surface area contributed by atoms with Crippen molar-refractivity contribution in [1.29, 1.82) is 0 Å². The van der Waals surface area contributed by atoms with Crippen LogP contribution in [0.25, 0.3) is 5.69 Å². The van der Waals surface area contributed by atoms with Gasteiger partial charge in [0, 0.05) is 25.1 Å². The first-order chi connectivity index (χ1) is 9.31. The Morgan fingerprint density at radius 2 is 2.16 bits per heavy atom. The van der Waals surface area contributed by atoms with Gasteiger partial charge >= 0.3 is 5.97 Å². The summed E-state index contributed by atoms with van der Waals surface area (Å²) in [7, 11) is 1.38. The van der Waals surface area contributed by atoms with Crippen molar-refractivity contribution in [2.24, 2.45) is 0 Å². The molecule has 1 aliphatic heterocycles. The molecule has 19 heavy (non-hydrogen) atoms. The summed E-state index contributed by atoms with van der Waals surface area (Å²) in [5.41, 5.74) is 3.41. The number of para-hydroxylation sites is 1. The summed E-state index contributed by atoms with van der Waals surface area (Å²) >= 11 is 0. The van der Waals surface area contributed by atoms with Crippen molar-refractivity contribution >= 4 is 5.97 Å². The van der Waals surface area contributed by atoms with Crippen LogP contribution in [0.3, 0.4) is 0 Å². The van der Waals surface area contributed by atoms with Gasteiger partial charge in [0.15, 0.2) is 5.69 Å². The zero-order valence-corrected chi connectivity index (χ0v) is 10.7. The number of ether oxygens (including phenoxy) is 1. The van der Waals surface area contributed by atoms with Crippen molar-refractivity contribution in [2.75, 3.05) is 13.7 Å². The molecule has 0 saturated heterocycles. The second-order valence-electron chi connectivity index (χ2n) is 4.44. The molecule has 5 heteroatoms. The highest BCUT2D eigenvalue weighted by atomic mass is 16.5. The van der Waals surface area contributed by atoms with Crippen LogP contribution in [-0.4, -0.2) is 29.4 Å². The zero-order valence-electron chi connectivity index (χ0n) is 10.7. The van der Waals surface area contributed by atoms with E-state index in [0.29, 0.717) is 12.2 Å². The maximum absolute atomic E-state index is 11.8. The largest absolute Gasteiger partial charge is 0.464 e. The number of aromatic nitrogens is 2. The molecule has 1 aliphatic rings. The van der Waals surface area contributed by atoms with Gasteiger partial charge in [0.05, 0.1) is 18.5 Å². The second kappa shape index (κ2) is 4.85. The molecule has 0 aliphatic carbocycles. The number of esters is 1.